The van der Waals surface area contributed by atoms with E-state index < -0.39 is 6.10 Å². The second-order valence-corrected chi connectivity index (χ2v) is 4.23. The fraction of sp³-hybridized carbons (Fsp3) is 0.909. The van der Waals surface area contributed by atoms with Crippen molar-refractivity contribution in [1.82, 2.24) is 10.6 Å². The first-order chi connectivity index (χ1) is 7.74. The van der Waals surface area contributed by atoms with Gasteiger partial charge in [-0.3, -0.25) is 4.79 Å². The minimum Gasteiger partial charge on any atom is -0.391 e. The van der Waals surface area contributed by atoms with Gasteiger partial charge in [0.05, 0.1) is 18.6 Å². The molecule has 0 radical (unpaired) electrons. The standard InChI is InChI=1S/C11H22N2O3/c1-16-8-10(14)4-6-13-11(15)9-3-2-5-12-7-9/h9-10,12,14H,2-8H2,1H3,(H,13,15)/t9-,10?/m1/s1. The van der Waals surface area contributed by atoms with Crippen LogP contribution in [0.5, 0.6) is 0 Å². The molecular formula is C11H22N2O3. The van der Waals surface area contributed by atoms with Crippen molar-refractivity contribution < 1.29 is 14.6 Å². The average molecular weight is 230 g/mol. The van der Waals surface area contributed by atoms with Gasteiger partial charge in [-0.05, 0) is 25.8 Å². The van der Waals surface area contributed by atoms with E-state index in [4.69, 9.17) is 4.74 Å². The summed E-state index contributed by atoms with van der Waals surface area (Å²) in [4.78, 5) is 11.7. The number of aliphatic hydroxyl groups excluding tert-OH is 1. The Bertz CT molecular complexity index is 205. The molecule has 1 saturated heterocycles. The molecule has 0 aromatic rings. The summed E-state index contributed by atoms with van der Waals surface area (Å²) in [6.07, 6.45) is 2.07. The van der Waals surface area contributed by atoms with E-state index in [0.29, 0.717) is 19.6 Å². The molecule has 1 fully saturated rings. The Labute approximate surface area is 96.6 Å². The Hall–Kier alpha value is -0.650. The second-order valence-electron chi connectivity index (χ2n) is 4.23. The number of ether oxygens (including phenoxy) is 1. The van der Waals surface area contributed by atoms with Gasteiger partial charge in [0.25, 0.3) is 0 Å². The number of carbonyl (C=O) groups excluding carboxylic acids is 1. The van der Waals surface area contributed by atoms with E-state index >= 15 is 0 Å². The van der Waals surface area contributed by atoms with Crippen molar-refractivity contribution in [2.75, 3.05) is 33.4 Å². The Morgan fingerprint density at radius 1 is 1.69 bits per heavy atom. The van der Waals surface area contributed by atoms with Gasteiger partial charge in [0.1, 0.15) is 0 Å². The van der Waals surface area contributed by atoms with Crippen molar-refractivity contribution in [2.45, 2.75) is 25.4 Å². The summed E-state index contributed by atoms with van der Waals surface area (Å²) in [6, 6.07) is 0. The molecule has 0 aromatic carbocycles. The lowest BCUT2D eigenvalue weighted by atomic mass is 9.99. The molecule has 1 unspecified atom stereocenters. The van der Waals surface area contributed by atoms with Crippen molar-refractivity contribution in [3.8, 4) is 0 Å². The van der Waals surface area contributed by atoms with Gasteiger partial charge in [-0.25, -0.2) is 0 Å². The maximum Gasteiger partial charge on any atom is 0.224 e. The monoisotopic (exact) mass is 230 g/mol. The van der Waals surface area contributed by atoms with Gasteiger partial charge in [0.2, 0.25) is 5.91 Å². The minimum absolute atomic E-state index is 0.0910. The van der Waals surface area contributed by atoms with E-state index in [0.717, 1.165) is 25.9 Å². The van der Waals surface area contributed by atoms with E-state index in [1.165, 1.54) is 0 Å². The van der Waals surface area contributed by atoms with E-state index in [2.05, 4.69) is 10.6 Å². The summed E-state index contributed by atoms with van der Waals surface area (Å²) in [5.74, 6) is 0.185. The molecule has 1 aliphatic rings. The van der Waals surface area contributed by atoms with Crippen molar-refractivity contribution in [3.05, 3.63) is 0 Å². The number of amides is 1. The SMILES string of the molecule is COCC(O)CCNC(=O)[C@@H]1CCCNC1. The highest BCUT2D eigenvalue weighted by Crippen LogP contribution is 2.09. The van der Waals surface area contributed by atoms with Crippen LogP contribution in [0.1, 0.15) is 19.3 Å². The molecule has 0 bridgehead atoms. The third kappa shape index (κ3) is 4.92. The molecule has 0 saturated carbocycles. The van der Waals surface area contributed by atoms with Crippen molar-refractivity contribution in [2.24, 2.45) is 5.92 Å². The highest BCUT2D eigenvalue weighted by atomic mass is 16.5. The van der Waals surface area contributed by atoms with Crippen LogP contribution in [0.25, 0.3) is 0 Å². The van der Waals surface area contributed by atoms with Gasteiger partial charge in [0.15, 0.2) is 0 Å². The van der Waals surface area contributed by atoms with E-state index in [9.17, 15) is 9.90 Å². The van der Waals surface area contributed by atoms with Crippen LogP contribution in [0.4, 0.5) is 0 Å². The van der Waals surface area contributed by atoms with Gasteiger partial charge in [-0.1, -0.05) is 0 Å². The summed E-state index contributed by atoms with van der Waals surface area (Å²) in [5.41, 5.74) is 0. The maximum atomic E-state index is 11.7. The zero-order valence-corrected chi connectivity index (χ0v) is 9.87. The zero-order valence-electron chi connectivity index (χ0n) is 9.87. The molecule has 0 aliphatic carbocycles. The van der Waals surface area contributed by atoms with E-state index in [-0.39, 0.29) is 11.8 Å². The van der Waals surface area contributed by atoms with Gasteiger partial charge >= 0.3 is 0 Å². The van der Waals surface area contributed by atoms with Crippen molar-refractivity contribution in [3.63, 3.8) is 0 Å². The fourth-order valence-electron chi connectivity index (χ4n) is 1.86. The summed E-state index contributed by atoms with van der Waals surface area (Å²) in [7, 11) is 1.55. The minimum atomic E-state index is -0.491. The highest BCUT2D eigenvalue weighted by molar-refractivity contribution is 5.78. The molecule has 1 heterocycles. The Kier molecular flexibility index (Phi) is 6.37. The molecular weight excluding hydrogens is 208 g/mol. The maximum absolute atomic E-state index is 11.7. The number of aliphatic hydroxyl groups is 1. The molecule has 16 heavy (non-hydrogen) atoms. The van der Waals surface area contributed by atoms with Crippen LogP contribution < -0.4 is 10.6 Å². The second kappa shape index (κ2) is 7.60. The molecule has 0 aromatic heterocycles. The summed E-state index contributed by atoms with van der Waals surface area (Å²) in [6.45, 7) is 2.61. The Morgan fingerprint density at radius 3 is 3.12 bits per heavy atom. The summed E-state index contributed by atoms with van der Waals surface area (Å²) < 4.78 is 4.80. The quantitative estimate of drug-likeness (QED) is 0.575. The Morgan fingerprint density at radius 2 is 2.50 bits per heavy atom. The average Bonchev–Trinajstić information content (AvgIpc) is 2.30. The van der Waals surface area contributed by atoms with Gasteiger partial charge < -0.3 is 20.5 Å². The van der Waals surface area contributed by atoms with Gasteiger partial charge in [0, 0.05) is 20.2 Å². The van der Waals surface area contributed by atoms with Crippen LogP contribution >= 0.6 is 0 Å². The number of carbonyl (C=O) groups is 1. The summed E-state index contributed by atoms with van der Waals surface area (Å²) >= 11 is 0. The molecule has 94 valence electrons. The van der Waals surface area contributed by atoms with Gasteiger partial charge in [-0.15, -0.1) is 0 Å². The first kappa shape index (κ1) is 13.4. The lowest BCUT2D eigenvalue weighted by Crippen LogP contribution is -2.41. The number of rotatable bonds is 6. The lowest BCUT2D eigenvalue weighted by molar-refractivity contribution is -0.125. The van der Waals surface area contributed by atoms with Crippen LogP contribution in [-0.4, -0.2) is 50.5 Å². The van der Waals surface area contributed by atoms with Crippen molar-refractivity contribution >= 4 is 5.91 Å². The molecule has 1 rings (SSSR count). The summed E-state index contributed by atoms with van der Waals surface area (Å²) in [5, 5.41) is 15.4. The van der Waals surface area contributed by atoms with Crippen LogP contribution in [0.3, 0.4) is 0 Å². The molecule has 3 N–H and O–H groups in total. The fourth-order valence-corrected chi connectivity index (χ4v) is 1.86. The van der Waals surface area contributed by atoms with Crippen LogP contribution in [0, 0.1) is 5.92 Å². The predicted molar refractivity (Wildman–Crippen MR) is 61.1 cm³/mol. The number of methoxy groups -OCH3 is 1. The number of hydrogen-bond acceptors (Lipinski definition) is 4. The number of hydrogen-bond donors (Lipinski definition) is 3. The molecule has 2 atom stereocenters. The first-order valence-electron chi connectivity index (χ1n) is 5.89. The van der Waals surface area contributed by atoms with Crippen LogP contribution in [-0.2, 0) is 9.53 Å². The topological polar surface area (TPSA) is 70.6 Å². The normalized spacial score (nSPS) is 22.8. The van der Waals surface area contributed by atoms with Crippen LogP contribution in [0.2, 0.25) is 0 Å². The number of piperidine rings is 1. The predicted octanol–water partition coefficient (Wildman–Crippen LogP) is -0.500. The molecule has 0 spiro atoms. The van der Waals surface area contributed by atoms with Crippen molar-refractivity contribution in [1.29, 1.82) is 0 Å². The third-order valence-electron chi connectivity index (χ3n) is 2.80. The zero-order chi connectivity index (χ0) is 11.8. The Balaban J connectivity index is 2.09. The molecule has 5 nitrogen and oxygen atoms in total. The van der Waals surface area contributed by atoms with E-state index in [1.807, 2.05) is 0 Å². The van der Waals surface area contributed by atoms with E-state index in [1.54, 1.807) is 7.11 Å². The number of nitrogens with one attached hydrogen (secondary N) is 2. The van der Waals surface area contributed by atoms with Crippen LogP contribution in [0.15, 0.2) is 0 Å². The third-order valence-corrected chi connectivity index (χ3v) is 2.80. The highest BCUT2D eigenvalue weighted by Gasteiger charge is 2.20. The largest absolute Gasteiger partial charge is 0.391 e. The first-order valence-corrected chi connectivity index (χ1v) is 5.89. The van der Waals surface area contributed by atoms with Gasteiger partial charge in [-0.2, -0.15) is 0 Å². The molecule has 1 amide bonds. The molecule has 5 heteroatoms. The smallest absolute Gasteiger partial charge is 0.224 e. The lowest BCUT2D eigenvalue weighted by Gasteiger charge is -2.22. The molecule has 1 aliphatic heterocycles.